The van der Waals surface area contributed by atoms with Crippen LogP contribution in [0.25, 0.3) is 0 Å². The van der Waals surface area contributed by atoms with Crippen molar-refractivity contribution in [1.29, 1.82) is 0 Å². The Hall–Kier alpha value is -0.760. The van der Waals surface area contributed by atoms with Gasteiger partial charge < -0.3 is 5.32 Å². The van der Waals surface area contributed by atoms with Crippen molar-refractivity contribution in [2.45, 2.75) is 32.1 Å². The Kier molecular flexibility index (Phi) is 5.48. The lowest BCUT2D eigenvalue weighted by molar-refractivity contribution is 0.475. The molecule has 0 aliphatic heterocycles. The number of nitrogens with zero attached hydrogens (tertiary/aromatic N) is 1. The van der Waals surface area contributed by atoms with Crippen LogP contribution in [0.2, 0.25) is 0 Å². The molecule has 1 aromatic heterocycles. The summed E-state index contributed by atoms with van der Waals surface area (Å²) < 4.78 is 0. The second-order valence-electron chi connectivity index (χ2n) is 3.69. The highest BCUT2D eigenvalue weighted by Crippen LogP contribution is 2.18. The monoisotopic (exact) mass is 226 g/mol. The molecule has 2 nitrogen and oxygen atoms in total. The Labute approximate surface area is 97.1 Å². The van der Waals surface area contributed by atoms with E-state index in [-0.39, 0.29) is 5.38 Å². The smallest absolute Gasteiger partial charge is 0.125 e. The van der Waals surface area contributed by atoms with E-state index in [0.29, 0.717) is 5.92 Å². The van der Waals surface area contributed by atoms with E-state index >= 15 is 0 Å². The molecule has 0 radical (unpaired) electrons. The average molecular weight is 227 g/mol. The van der Waals surface area contributed by atoms with Crippen molar-refractivity contribution in [2.24, 2.45) is 5.92 Å². The van der Waals surface area contributed by atoms with Gasteiger partial charge in [-0.15, -0.1) is 11.6 Å². The van der Waals surface area contributed by atoms with E-state index < -0.39 is 0 Å². The molecule has 1 aromatic rings. The summed E-state index contributed by atoms with van der Waals surface area (Å²) in [6.07, 6.45) is 4.05. The Bertz CT molecular complexity index is 260. The van der Waals surface area contributed by atoms with Crippen LogP contribution >= 0.6 is 11.6 Å². The number of anilines is 1. The van der Waals surface area contributed by atoms with Gasteiger partial charge in [-0.2, -0.15) is 0 Å². The van der Waals surface area contributed by atoms with Gasteiger partial charge in [0.1, 0.15) is 5.82 Å². The van der Waals surface area contributed by atoms with Gasteiger partial charge in [-0.25, -0.2) is 4.98 Å². The molecule has 0 bridgehead atoms. The van der Waals surface area contributed by atoms with Crippen molar-refractivity contribution in [3.63, 3.8) is 0 Å². The number of pyridine rings is 1. The van der Waals surface area contributed by atoms with Gasteiger partial charge in [0.15, 0.2) is 0 Å². The van der Waals surface area contributed by atoms with Crippen LogP contribution in [0.3, 0.4) is 0 Å². The third-order valence-corrected chi connectivity index (χ3v) is 3.21. The van der Waals surface area contributed by atoms with Gasteiger partial charge in [0.05, 0.1) is 5.38 Å². The summed E-state index contributed by atoms with van der Waals surface area (Å²) in [5.41, 5.74) is 0. The molecular formula is C12H19ClN2. The van der Waals surface area contributed by atoms with Crippen LogP contribution in [-0.2, 0) is 0 Å². The third kappa shape index (κ3) is 4.08. The maximum Gasteiger partial charge on any atom is 0.125 e. The number of hydrogen-bond donors (Lipinski definition) is 1. The van der Waals surface area contributed by atoms with Crippen molar-refractivity contribution in [2.75, 3.05) is 11.9 Å². The minimum absolute atomic E-state index is 0.182. The fourth-order valence-corrected chi connectivity index (χ4v) is 2.07. The first-order chi connectivity index (χ1) is 7.27. The van der Waals surface area contributed by atoms with Crippen LogP contribution < -0.4 is 5.32 Å². The summed E-state index contributed by atoms with van der Waals surface area (Å²) in [4.78, 5) is 4.19. The first-order valence-electron chi connectivity index (χ1n) is 5.56. The van der Waals surface area contributed by atoms with E-state index in [1.807, 2.05) is 18.2 Å². The number of halogens is 1. The highest BCUT2D eigenvalue weighted by Gasteiger charge is 2.15. The van der Waals surface area contributed by atoms with Crippen LogP contribution in [0.15, 0.2) is 24.4 Å². The SMILES string of the molecule is CCC(CC)C(Cl)CNc1ccccn1. The van der Waals surface area contributed by atoms with Crippen LogP contribution in [0.5, 0.6) is 0 Å². The molecule has 1 heterocycles. The van der Waals surface area contributed by atoms with Gasteiger partial charge in [-0.05, 0) is 18.1 Å². The van der Waals surface area contributed by atoms with Gasteiger partial charge in [0, 0.05) is 12.7 Å². The molecule has 15 heavy (non-hydrogen) atoms. The lowest BCUT2D eigenvalue weighted by Gasteiger charge is -2.19. The zero-order valence-corrected chi connectivity index (χ0v) is 10.2. The van der Waals surface area contributed by atoms with E-state index in [0.717, 1.165) is 25.2 Å². The van der Waals surface area contributed by atoms with E-state index in [1.54, 1.807) is 6.20 Å². The normalized spacial score (nSPS) is 12.8. The first kappa shape index (κ1) is 12.3. The van der Waals surface area contributed by atoms with Gasteiger partial charge >= 0.3 is 0 Å². The van der Waals surface area contributed by atoms with Crippen molar-refractivity contribution in [3.05, 3.63) is 24.4 Å². The molecule has 84 valence electrons. The standard InChI is InChI=1S/C12H19ClN2/c1-3-10(4-2)11(13)9-15-12-7-5-6-8-14-12/h5-8,10-11H,3-4,9H2,1-2H3,(H,14,15). The molecule has 3 heteroatoms. The van der Waals surface area contributed by atoms with E-state index in [9.17, 15) is 0 Å². The maximum absolute atomic E-state index is 6.31. The van der Waals surface area contributed by atoms with E-state index in [4.69, 9.17) is 11.6 Å². The Morgan fingerprint density at radius 2 is 2.07 bits per heavy atom. The van der Waals surface area contributed by atoms with Crippen molar-refractivity contribution in [1.82, 2.24) is 4.98 Å². The van der Waals surface area contributed by atoms with Crippen LogP contribution in [-0.4, -0.2) is 16.9 Å². The lowest BCUT2D eigenvalue weighted by Crippen LogP contribution is -2.23. The Morgan fingerprint density at radius 1 is 1.33 bits per heavy atom. The predicted molar refractivity (Wildman–Crippen MR) is 66.4 cm³/mol. The summed E-state index contributed by atoms with van der Waals surface area (Å²) >= 11 is 6.31. The molecule has 0 aliphatic rings. The van der Waals surface area contributed by atoms with Gasteiger partial charge in [0.2, 0.25) is 0 Å². The molecule has 0 aliphatic carbocycles. The molecule has 1 rings (SSSR count). The van der Waals surface area contributed by atoms with Crippen LogP contribution in [0.1, 0.15) is 26.7 Å². The Balaban J connectivity index is 2.36. The summed E-state index contributed by atoms with van der Waals surface area (Å²) in [5.74, 6) is 1.48. The molecule has 0 spiro atoms. The molecule has 0 saturated heterocycles. The third-order valence-electron chi connectivity index (χ3n) is 2.70. The highest BCUT2D eigenvalue weighted by atomic mass is 35.5. The predicted octanol–water partition coefficient (Wildman–Crippen LogP) is 3.54. The number of rotatable bonds is 6. The molecule has 1 unspecified atom stereocenters. The Morgan fingerprint density at radius 3 is 2.60 bits per heavy atom. The van der Waals surface area contributed by atoms with Crippen molar-refractivity contribution < 1.29 is 0 Å². The molecule has 0 aromatic carbocycles. The van der Waals surface area contributed by atoms with Crippen LogP contribution in [0, 0.1) is 5.92 Å². The summed E-state index contributed by atoms with van der Waals surface area (Å²) in [7, 11) is 0. The zero-order chi connectivity index (χ0) is 11.1. The minimum Gasteiger partial charge on any atom is -0.369 e. The molecule has 0 fully saturated rings. The van der Waals surface area contributed by atoms with Crippen molar-refractivity contribution >= 4 is 17.4 Å². The second-order valence-corrected chi connectivity index (χ2v) is 4.25. The maximum atomic E-state index is 6.31. The molecule has 1 atom stereocenters. The largest absolute Gasteiger partial charge is 0.369 e. The summed E-state index contributed by atoms with van der Waals surface area (Å²) in [6, 6.07) is 5.83. The van der Waals surface area contributed by atoms with E-state index in [2.05, 4.69) is 24.1 Å². The molecule has 0 saturated carbocycles. The average Bonchev–Trinajstić information content (AvgIpc) is 2.29. The second kappa shape index (κ2) is 6.67. The fourth-order valence-electron chi connectivity index (χ4n) is 1.64. The molecule has 0 amide bonds. The van der Waals surface area contributed by atoms with Gasteiger partial charge in [0.25, 0.3) is 0 Å². The van der Waals surface area contributed by atoms with E-state index in [1.165, 1.54) is 0 Å². The van der Waals surface area contributed by atoms with Crippen molar-refractivity contribution in [3.8, 4) is 0 Å². The topological polar surface area (TPSA) is 24.9 Å². The number of nitrogens with one attached hydrogen (secondary N) is 1. The first-order valence-corrected chi connectivity index (χ1v) is 6.00. The lowest BCUT2D eigenvalue weighted by atomic mass is 9.99. The number of aromatic nitrogens is 1. The summed E-state index contributed by atoms with van der Waals surface area (Å²) in [5, 5.41) is 3.43. The van der Waals surface area contributed by atoms with Crippen LogP contribution in [0.4, 0.5) is 5.82 Å². The summed E-state index contributed by atoms with van der Waals surface area (Å²) in [6.45, 7) is 5.15. The number of alkyl halides is 1. The number of hydrogen-bond acceptors (Lipinski definition) is 2. The van der Waals surface area contributed by atoms with Gasteiger partial charge in [-0.3, -0.25) is 0 Å². The molecule has 1 N–H and O–H groups in total. The zero-order valence-electron chi connectivity index (χ0n) is 9.41. The highest BCUT2D eigenvalue weighted by molar-refractivity contribution is 6.21. The van der Waals surface area contributed by atoms with Gasteiger partial charge in [-0.1, -0.05) is 32.8 Å². The quantitative estimate of drug-likeness (QED) is 0.751. The fraction of sp³-hybridized carbons (Fsp3) is 0.583. The molecular weight excluding hydrogens is 208 g/mol. The minimum atomic E-state index is 0.182.